The van der Waals surface area contributed by atoms with Crippen molar-refractivity contribution in [3.8, 4) is 0 Å². The summed E-state index contributed by atoms with van der Waals surface area (Å²) in [7, 11) is 4.03. The van der Waals surface area contributed by atoms with Gasteiger partial charge in [-0.15, -0.1) is 0 Å². The van der Waals surface area contributed by atoms with Crippen LogP contribution in [0.5, 0.6) is 0 Å². The van der Waals surface area contributed by atoms with Crippen LogP contribution in [0.3, 0.4) is 0 Å². The fourth-order valence-corrected chi connectivity index (χ4v) is 3.15. The molecule has 0 radical (unpaired) electrons. The first-order chi connectivity index (χ1) is 9.41. The molecule has 1 saturated heterocycles. The number of rotatable bonds is 3. The van der Waals surface area contributed by atoms with Crippen LogP contribution in [0.25, 0.3) is 0 Å². The molecule has 1 aromatic rings. The second kappa shape index (κ2) is 6.10. The third kappa shape index (κ3) is 2.96. The highest BCUT2D eigenvalue weighted by Gasteiger charge is 2.24. The average Bonchev–Trinajstić information content (AvgIpc) is 2.41. The van der Waals surface area contributed by atoms with E-state index in [0.717, 1.165) is 25.9 Å². The largest absolute Gasteiger partial charge is 0.384 e. The molecule has 0 atom stereocenters. The molecule has 0 aromatic heterocycles. The number of nitrogens with two attached hydrogens (primary N) is 1. The molecule has 1 aliphatic heterocycles. The van der Waals surface area contributed by atoms with Gasteiger partial charge in [-0.05, 0) is 61.0 Å². The number of anilines is 1. The normalized spacial score (nSPS) is 17.2. The fourth-order valence-electron chi connectivity index (χ4n) is 2.60. The fraction of sp³-hybridized carbons (Fsp3) is 0.500. The first-order valence-corrected chi connectivity index (χ1v) is 7.45. The van der Waals surface area contributed by atoms with Crippen molar-refractivity contribution in [3.63, 3.8) is 0 Å². The van der Waals surface area contributed by atoms with Gasteiger partial charge in [0.15, 0.2) is 5.82 Å². The van der Waals surface area contributed by atoms with Gasteiger partial charge in [0.2, 0.25) is 0 Å². The Labute approximate surface area is 127 Å². The number of benzene rings is 1. The summed E-state index contributed by atoms with van der Waals surface area (Å²) >= 11 is 3.20. The summed E-state index contributed by atoms with van der Waals surface area (Å²) in [6, 6.07) is 3.74. The lowest BCUT2D eigenvalue weighted by atomic mass is 10.0. The maximum atomic E-state index is 14.5. The van der Waals surface area contributed by atoms with E-state index in [1.165, 1.54) is 0 Å². The van der Waals surface area contributed by atoms with Gasteiger partial charge in [0.25, 0.3) is 0 Å². The van der Waals surface area contributed by atoms with Gasteiger partial charge in [-0.25, -0.2) is 4.39 Å². The Hall–Kier alpha value is -1.14. The van der Waals surface area contributed by atoms with Crippen LogP contribution in [0.4, 0.5) is 10.1 Å². The first kappa shape index (κ1) is 15.3. The van der Waals surface area contributed by atoms with Gasteiger partial charge in [0, 0.05) is 18.7 Å². The Bertz CT molecular complexity index is 512. The third-order valence-corrected chi connectivity index (χ3v) is 4.74. The average molecular weight is 343 g/mol. The number of likely N-dealkylation sites (tertiary alicyclic amines) is 1. The van der Waals surface area contributed by atoms with E-state index >= 15 is 0 Å². The standard InChI is InChI=1S/C14H20BrFN4/c1-19-7-5-9(6-8-19)20(2)11-4-3-10(14(17)18)12(15)13(11)16/h3-4,9H,5-8H2,1-2H3,(H3,17,18). The Morgan fingerprint density at radius 1 is 1.45 bits per heavy atom. The van der Waals surface area contributed by atoms with Crippen molar-refractivity contribution < 1.29 is 4.39 Å². The van der Waals surface area contributed by atoms with Crippen molar-refractivity contribution in [1.29, 1.82) is 5.41 Å². The van der Waals surface area contributed by atoms with Crippen LogP contribution < -0.4 is 10.6 Å². The summed E-state index contributed by atoms with van der Waals surface area (Å²) in [4.78, 5) is 4.28. The topological polar surface area (TPSA) is 56.4 Å². The molecular weight excluding hydrogens is 323 g/mol. The van der Waals surface area contributed by atoms with Gasteiger partial charge in [-0.2, -0.15) is 0 Å². The maximum absolute atomic E-state index is 14.5. The van der Waals surface area contributed by atoms with E-state index in [-0.39, 0.29) is 16.1 Å². The first-order valence-electron chi connectivity index (χ1n) is 6.65. The minimum absolute atomic E-state index is 0.135. The van der Waals surface area contributed by atoms with E-state index in [1.54, 1.807) is 12.1 Å². The molecule has 2 rings (SSSR count). The number of halogens is 2. The minimum Gasteiger partial charge on any atom is -0.384 e. The SMILES string of the molecule is CN1CCC(N(C)c2ccc(C(=N)N)c(Br)c2F)CC1. The molecule has 0 bridgehead atoms. The van der Waals surface area contributed by atoms with Crippen LogP contribution in [-0.2, 0) is 0 Å². The minimum atomic E-state index is -0.348. The monoisotopic (exact) mass is 342 g/mol. The van der Waals surface area contributed by atoms with Crippen LogP contribution in [-0.4, -0.2) is 44.0 Å². The zero-order valence-corrected chi connectivity index (χ0v) is 13.4. The molecule has 1 heterocycles. The Morgan fingerprint density at radius 3 is 2.60 bits per heavy atom. The van der Waals surface area contributed by atoms with Crippen LogP contribution >= 0.6 is 15.9 Å². The number of nitrogens with zero attached hydrogens (tertiary/aromatic N) is 2. The molecule has 0 aliphatic carbocycles. The Balaban J connectivity index is 2.24. The molecule has 0 unspecified atom stereocenters. The van der Waals surface area contributed by atoms with E-state index in [4.69, 9.17) is 11.1 Å². The van der Waals surface area contributed by atoms with Gasteiger partial charge >= 0.3 is 0 Å². The van der Waals surface area contributed by atoms with Gasteiger partial charge in [0.1, 0.15) is 5.84 Å². The summed E-state index contributed by atoms with van der Waals surface area (Å²) in [6.07, 6.45) is 2.05. The van der Waals surface area contributed by atoms with Crippen LogP contribution in [0.15, 0.2) is 16.6 Å². The van der Waals surface area contributed by atoms with Crippen molar-refractivity contribution in [2.24, 2.45) is 5.73 Å². The summed E-state index contributed by atoms with van der Waals surface area (Å²) in [5, 5.41) is 7.43. The number of amidine groups is 1. The van der Waals surface area contributed by atoms with Crippen molar-refractivity contribution in [2.75, 3.05) is 32.1 Å². The molecule has 3 N–H and O–H groups in total. The van der Waals surface area contributed by atoms with Crippen LogP contribution in [0.1, 0.15) is 18.4 Å². The van der Waals surface area contributed by atoms with Crippen molar-refractivity contribution in [2.45, 2.75) is 18.9 Å². The molecule has 1 fully saturated rings. The molecule has 0 spiro atoms. The number of piperidine rings is 1. The van der Waals surface area contributed by atoms with E-state index in [2.05, 4.69) is 27.9 Å². The lowest BCUT2D eigenvalue weighted by molar-refractivity contribution is 0.252. The zero-order valence-electron chi connectivity index (χ0n) is 11.8. The molecule has 4 nitrogen and oxygen atoms in total. The Kier molecular flexibility index (Phi) is 4.65. The smallest absolute Gasteiger partial charge is 0.161 e. The van der Waals surface area contributed by atoms with Crippen molar-refractivity contribution in [3.05, 3.63) is 28.0 Å². The molecule has 110 valence electrons. The quantitative estimate of drug-likeness (QED) is 0.655. The van der Waals surface area contributed by atoms with Crippen molar-refractivity contribution in [1.82, 2.24) is 4.90 Å². The van der Waals surface area contributed by atoms with Crippen LogP contribution in [0, 0.1) is 11.2 Å². The highest BCUT2D eigenvalue weighted by atomic mass is 79.9. The van der Waals surface area contributed by atoms with E-state index in [0.29, 0.717) is 17.3 Å². The third-order valence-electron chi connectivity index (χ3n) is 3.97. The van der Waals surface area contributed by atoms with Gasteiger partial charge in [-0.3, -0.25) is 5.41 Å². The Morgan fingerprint density at radius 2 is 2.05 bits per heavy atom. The predicted molar refractivity (Wildman–Crippen MR) is 84.0 cm³/mol. The summed E-state index contributed by atoms with van der Waals surface area (Å²) in [5.41, 5.74) is 6.38. The highest BCUT2D eigenvalue weighted by Crippen LogP contribution is 2.31. The lowest BCUT2D eigenvalue weighted by Crippen LogP contribution is -2.42. The van der Waals surface area contributed by atoms with Gasteiger partial charge in [-0.1, -0.05) is 0 Å². The van der Waals surface area contributed by atoms with Crippen molar-refractivity contribution >= 4 is 27.5 Å². The second-order valence-electron chi connectivity index (χ2n) is 5.32. The summed E-state index contributed by atoms with van der Waals surface area (Å²) in [5.74, 6) is -0.483. The summed E-state index contributed by atoms with van der Waals surface area (Å²) < 4.78 is 14.7. The number of hydrogen-bond donors (Lipinski definition) is 2. The zero-order chi connectivity index (χ0) is 14.9. The van der Waals surface area contributed by atoms with E-state index in [1.807, 2.05) is 11.9 Å². The van der Waals surface area contributed by atoms with Crippen LogP contribution in [0.2, 0.25) is 0 Å². The predicted octanol–water partition coefficient (Wildman–Crippen LogP) is 2.40. The molecule has 1 aromatic carbocycles. The van der Waals surface area contributed by atoms with Gasteiger partial charge in [0.05, 0.1) is 10.2 Å². The highest BCUT2D eigenvalue weighted by molar-refractivity contribution is 9.10. The van der Waals surface area contributed by atoms with Gasteiger partial charge < -0.3 is 15.5 Å². The number of nitrogen functional groups attached to an aromatic ring is 1. The molecular formula is C14H20BrFN4. The molecule has 20 heavy (non-hydrogen) atoms. The molecule has 1 aliphatic rings. The van der Waals surface area contributed by atoms with E-state index < -0.39 is 0 Å². The molecule has 0 amide bonds. The molecule has 6 heteroatoms. The van der Waals surface area contributed by atoms with E-state index in [9.17, 15) is 4.39 Å². The molecule has 0 saturated carbocycles. The maximum Gasteiger partial charge on any atom is 0.161 e. The summed E-state index contributed by atoms with van der Waals surface area (Å²) in [6.45, 7) is 2.06. The lowest BCUT2D eigenvalue weighted by Gasteiger charge is -2.36. The number of nitrogens with one attached hydrogen (secondary N) is 1. The second-order valence-corrected chi connectivity index (χ2v) is 6.11. The number of hydrogen-bond acceptors (Lipinski definition) is 3.